The van der Waals surface area contributed by atoms with Gasteiger partial charge in [-0.1, -0.05) is 18.2 Å². The Morgan fingerprint density at radius 3 is 2.58 bits per heavy atom. The number of amides is 1. The van der Waals surface area contributed by atoms with Gasteiger partial charge in [-0.15, -0.1) is 0 Å². The Bertz CT molecular complexity index is 1310. The number of rotatable bonds is 6. The molecule has 0 aliphatic carbocycles. The first-order valence-corrected chi connectivity index (χ1v) is 10.8. The highest BCUT2D eigenvalue weighted by Crippen LogP contribution is 2.33. The third-order valence-corrected chi connectivity index (χ3v) is 5.99. The highest BCUT2D eigenvalue weighted by Gasteiger charge is 2.24. The zero-order valence-corrected chi connectivity index (χ0v) is 18.9. The van der Waals surface area contributed by atoms with Crippen LogP contribution in [0.2, 0.25) is 0 Å². The van der Waals surface area contributed by atoms with E-state index in [9.17, 15) is 4.79 Å². The molecule has 0 bridgehead atoms. The van der Waals surface area contributed by atoms with Crippen LogP contribution in [0.5, 0.6) is 11.5 Å². The van der Waals surface area contributed by atoms with Gasteiger partial charge in [-0.3, -0.25) is 9.48 Å². The minimum absolute atomic E-state index is 0.100. The number of carbonyl (C=O) groups excluding carboxylic acids is 1. The first-order chi connectivity index (χ1) is 16.0. The van der Waals surface area contributed by atoms with Gasteiger partial charge in [-0.05, 0) is 50.2 Å². The van der Waals surface area contributed by atoms with E-state index in [4.69, 9.17) is 9.47 Å². The molecule has 5 rings (SSSR count). The second kappa shape index (κ2) is 8.46. The zero-order chi connectivity index (χ0) is 22.9. The summed E-state index contributed by atoms with van der Waals surface area (Å²) in [6, 6.07) is 17.1. The summed E-state index contributed by atoms with van der Waals surface area (Å²) in [5.41, 5.74) is 5.39. The van der Waals surface area contributed by atoms with Gasteiger partial charge < -0.3 is 14.4 Å². The molecule has 0 fully saturated rings. The van der Waals surface area contributed by atoms with Crippen LogP contribution in [0.15, 0.2) is 60.8 Å². The molecule has 0 saturated heterocycles. The molecule has 3 heterocycles. The highest BCUT2D eigenvalue weighted by molar-refractivity contribution is 5.95. The monoisotopic (exact) mass is 443 g/mol. The van der Waals surface area contributed by atoms with Crippen LogP contribution in [0.25, 0.3) is 5.69 Å². The maximum absolute atomic E-state index is 13.7. The summed E-state index contributed by atoms with van der Waals surface area (Å²) in [6.07, 6.45) is 1.76. The van der Waals surface area contributed by atoms with E-state index in [1.807, 2.05) is 71.6 Å². The van der Waals surface area contributed by atoms with Crippen LogP contribution in [-0.2, 0) is 20.1 Å². The van der Waals surface area contributed by atoms with Crippen molar-refractivity contribution in [3.63, 3.8) is 0 Å². The number of ether oxygens (including phenoxy) is 2. The molecule has 1 aliphatic heterocycles. The number of para-hydroxylation sites is 1. The van der Waals surface area contributed by atoms with Crippen molar-refractivity contribution < 1.29 is 14.3 Å². The lowest BCUT2D eigenvalue weighted by Gasteiger charge is -2.24. The Balaban J connectivity index is 1.51. The Morgan fingerprint density at radius 1 is 1.03 bits per heavy atom. The third-order valence-electron chi connectivity index (χ3n) is 5.99. The molecule has 0 radical (unpaired) electrons. The first-order valence-electron chi connectivity index (χ1n) is 10.8. The Morgan fingerprint density at radius 2 is 1.82 bits per heavy atom. The lowest BCUT2D eigenvalue weighted by Crippen LogP contribution is -2.31. The van der Waals surface area contributed by atoms with E-state index >= 15 is 0 Å². The summed E-state index contributed by atoms with van der Waals surface area (Å²) in [5.74, 6) is 1.14. The number of carbonyl (C=O) groups is 1. The second-order valence-corrected chi connectivity index (χ2v) is 8.07. The summed E-state index contributed by atoms with van der Waals surface area (Å²) < 4.78 is 14.6. The number of fused-ring (bicyclic) bond motifs is 1. The van der Waals surface area contributed by atoms with Gasteiger partial charge in [0.1, 0.15) is 0 Å². The summed E-state index contributed by atoms with van der Waals surface area (Å²) in [7, 11) is 1.92. The standard InChI is InChI=1S/C25H25N5O3/c1-17-22(18(2)28(3)27-17)15-29(25(31)19-9-10-23-24(13-19)33-16-32-23)14-21-11-12-26-30(21)20-7-5-4-6-8-20/h4-13H,14-16H2,1-3H3. The number of hydrogen-bond acceptors (Lipinski definition) is 5. The zero-order valence-electron chi connectivity index (χ0n) is 18.9. The number of aromatic nitrogens is 4. The maximum atomic E-state index is 13.7. The summed E-state index contributed by atoms with van der Waals surface area (Å²) in [6.45, 7) is 4.97. The first kappa shape index (κ1) is 20.8. The number of aryl methyl sites for hydroxylation is 2. The molecule has 0 N–H and O–H groups in total. The van der Waals surface area contributed by atoms with E-state index in [0.717, 1.165) is 28.3 Å². The fourth-order valence-electron chi connectivity index (χ4n) is 4.10. The predicted molar refractivity (Wildman–Crippen MR) is 122 cm³/mol. The van der Waals surface area contributed by atoms with Crippen LogP contribution in [-0.4, -0.2) is 37.2 Å². The fourth-order valence-corrected chi connectivity index (χ4v) is 4.10. The van der Waals surface area contributed by atoms with Crippen molar-refractivity contribution >= 4 is 5.91 Å². The van der Waals surface area contributed by atoms with Gasteiger partial charge in [0.25, 0.3) is 5.91 Å². The van der Waals surface area contributed by atoms with E-state index < -0.39 is 0 Å². The van der Waals surface area contributed by atoms with Crippen molar-refractivity contribution in [1.29, 1.82) is 0 Å². The van der Waals surface area contributed by atoms with Gasteiger partial charge in [0, 0.05) is 30.1 Å². The molecule has 4 aromatic rings. The van der Waals surface area contributed by atoms with Crippen LogP contribution in [0, 0.1) is 13.8 Å². The van der Waals surface area contributed by atoms with E-state index in [1.54, 1.807) is 24.4 Å². The minimum Gasteiger partial charge on any atom is -0.454 e. The van der Waals surface area contributed by atoms with Crippen molar-refractivity contribution in [2.45, 2.75) is 26.9 Å². The summed E-state index contributed by atoms with van der Waals surface area (Å²) in [5, 5.41) is 9.02. The normalized spacial score (nSPS) is 12.2. The lowest BCUT2D eigenvalue weighted by molar-refractivity contribution is 0.0725. The van der Waals surface area contributed by atoms with Gasteiger partial charge >= 0.3 is 0 Å². The predicted octanol–water partition coefficient (Wildman–Crippen LogP) is 3.79. The maximum Gasteiger partial charge on any atom is 0.254 e. The third kappa shape index (κ3) is 3.95. The smallest absolute Gasteiger partial charge is 0.254 e. The molecule has 8 nitrogen and oxygen atoms in total. The van der Waals surface area contributed by atoms with Gasteiger partial charge in [-0.2, -0.15) is 10.2 Å². The molecule has 0 unspecified atom stereocenters. The number of nitrogens with zero attached hydrogens (tertiary/aromatic N) is 5. The highest BCUT2D eigenvalue weighted by atomic mass is 16.7. The van der Waals surface area contributed by atoms with Crippen LogP contribution in [0.1, 0.15) is 33.0 Å². The van der Waals surface area contributed by atoms with Crippen LogP contribution in [0.4, 0.5) is 0 Å². The molecule has 0 spiro atoms. The molecule has 2 aromatic carbocycles. The van der Waals surface area contributed by atoms with Gasteiger partial charge in [0.15, 0.2) is 11.5 Å². The molecular weight excluding hydrogens is 418 g/mol. The molecule has 8 heteroatoms. The molecular formula is C25H25N5O3. The van der Waals surface area contributed by atoms with Crippen molar-refractivity contribution in [1.82, 2.24) is 24.5 Å². The SMILES string of the molecule is Cc1nn(C)c(C)c1CN(Cc1ccnn1-c1ccccc1)C(=O)c1ccc2c(c1)OCO2. The molecule has 1 amide bonds. The quantitative estimate of drug-likeness (QED) is 0.453. The Labute approximate surface area is 192 Å². The Kier molecular flexibility index (Phi) is 5.34. The van der Waals surface area contributed by atoms with Gasteiger partial charge in [0.2, 0.25) is 6.79 Å². The molecule has 0 saturated carbocycles. The van der Waals surface area contributed by atoms with E-state index in [1.165, 1.54) is 0 Å². The second-order valence-electron chi connectivity index (χ2n) is 8.07. The lowest BCUT2D eigenvalue weighted by atomic mass is 10.1. The van der Waals surface area contributed by atoms with E-state index in [0.29, 0.717) is 30.2 Å². The van der Waals surface area contributed by atoms with Crippen LogP contribution < -0.4 is 9.47 Å². The van der Waals surface area contributed by atoms with Crippen LogP contribution in [0.3, 0.4) is 0 Å². The van der Waals surface area contributed by atoms with Crippen molar-refractivity contribution in [2.75, 3.05) is 6.79 Å². The van der Waals surface area contributed by atoms with Crippen molar-refractivity contribution in [2.24, 2.45) is 7.05 Å². The van der Waals surface area contributed by atoms with Gasteiger partial charge in [0.05, 0.1) is 30.2 Å². The largest absolute Gasteiger partial charge is 0.454 e. The molecule has 33 heavy (non-hydrogen) atoms. The Hall–Kier alpha value is -4.07. The molecule has 2 aromatic heterocycles. The summed E-state index contributed by atoms with van der Waals surface area (Å²) >= 11 is 0. The average Bonchev–Trinajstić information content (AvgIpc) is 3.54. The van der Waals surface area contributed by atoms with E-state index in [-0.39, 0.29) is 12.7 Å². The van der Waals surface area contributed by atoms with Gasteiger partial charge in [-0.25, -0.2) is 4.68 Å². The molecule has 0 atom stereocenters. The average molecular weight is 444 g/mol. The number of benzene rings is 2. The molecule has 168 valence electrons. The number of hydrogen-bond donors (Lipinski definition) is 0. The van der Waals surface area contributed by atoms with Crippen molar-refractivity contribution in [3.8, 4) is 17.2 Å². The molecule has 1 aliphatic rings. The topological polar surface area (TPSA) is 74.4 Å². The minimum atomic E-state index is -0.100. The van der Waals surface area contributed by atoms with Crippen molar-refractivity contribution in [3.05, 3.63) is 89.0 Å². The van der Waals surface area contributed by atoms with E-state index in [2.05, 4.69) is 10.2 Å². The summed E-state index contributed by atoms with van der Waals surface area (Å²) in [4.78, 5) is 15.5. The van der Waals surface area contributed by atoms with Crippen LogP contribution >= 0.6 is 0 Å². The fraction of sp³-hybridized carbons (Fsp3) is 0.240.